The highest BCUT2D eigenvalue weighted by molar-refractivity contribution is 7.92. The third-order valence-electron chi connectivity index (χ3n) is 3.70. The van der Waals surface area contributed by atoms with Crippen LogP contribution in [0.4, 0.5) is 11.4 Å². The molecule has 25 heavy (non-hydrogen) atoms. The second kappa shape index (κ2) is 6.88. The monoisotopic (exact) mass is 360 g/mol. The van der Waals surface area contributed by atoms with E-state index in [0.717, 1.165) is 5.56 Å². The fourth-order valence-corrected chi connectivity index (χ4v) is 3.54. The van der Waals surface area contributed by atoms with Crippen LogP contribution < -0.4 is 10.0 Å². The molecule has 2 N–H and O–H groups in total. The molecule has 0 saturated heterocycles. The number of carbonyl (C=O) groups excluding carboxylic acids is 1. The lowest BCUT2D eigenvalue weighted by atomic mass is 9.95. The largest absolute Gasteiger partial charge is 0.326 e. The van der Waals surface area contributed by atoms with Gasteiger partial charge in [0.2, 0.25) is 5.91 Å². The molecule has 134 valence electrons. The zero-order valence-electron chi connectivity index (χ0n) is 15.2. The van der Waals surface area contributed by atoms with Gasteiger partial charge in [-0.2, -0.15) is 0 Å². The van der Waals surface area contributed by atoms with Crippen LogP contribution in [0.3, 0.4) is 0 Å². The van der Waals surface area contributed by atoms with Gasteiger partial charge in [-0.1, -0.05) is 38.5 Å². The van der Waals surface area contributed by atoms with Gasteiger partial charge in [0.1, 0.15) is 0 Å². The van der Waals surface area contributed by atoms with Gasteiger partial charge in [0.05, 0.1) is 4.90 Å². The van der Waals surface area contributed by atoms with Crippen molar-refractivity contribution in [3.05, 3.63) is 53.6 Å². The Labute approximate surface area is 149 Å². The third kappa shape index (κ3) is 4.82. The second-order valence-corrected chi connectivity index (χ2v) is 8.81. The summed E-state index contributed by atoms with van der Waals surface area (Å²) in [6, 6.07) is 11.8. The predicted molar refractivity (Wildman–Crippen MR) is 101 cm³/mol. The average molecular weight is 360 g/mol. The summed E-state index contributed by atoms with van der Waals surface area (Å²) < 4.78 is 27.7. The first-order valence-electron chi connectivity index (χ1n) is 8.01. The molecule has 1 amide bonds. The molecule has 6 heteroatoms. The van der Waals surface area contributed by atoms with E-state index in [2.05, 4.69) is 10.0 Å². The zero-order chi connectivity index (χ0) is 18.8. The number of hydrogen-bond acceptors (Lipinski definition) is 3. The molecule has 2 aromatic carbocycles. The van der Waals surface area contributed by atoms with Gasteiger partial charge in [-0.25, -0.2) is 8.42 Å². The van der Waals surface area contributed by atoms with Gasteiger partial charge < -0.3 is 5.32 Å². The normalized spacial score (nSPS) is 11.9. The number of amides is 1. The quantitative estimate of drug-likeness (QED) is 0.862. The molecular formula is C19H24N2O3S. The molecule has 0 aliphatic heterocycles. The Hall–Kier alpha value is -2.34. The van der Waals surface area contributed by atoms with Gasteiger partial charge >= 0.3 is 0 Å². The molecule has 2 rings (SSSR count). The summed E-state index contributed by atoms with van der Waals surface area (Å²) in [5, 5.41) is 2.80. The minimum absolute atomic E-state index is 0.101. The van der Waals surface area contributed by atoms with Gasteiger partial charge in [-0.05, 0) is 49.7 Å². The van der Waals surface area contributed by atoms with E-state index in [9.17, 15) is 13.2 Å². The van der Waals surface area contributed by atoms with Crippen molar-refractivity contribution < 1.29 is 13.2 Å². The standard InChI is InChI=1S/C19H24N2O3S/c1-13-6-11-17(14(2)12-13)25(23,24)21-16-9-7-15(8-10-16)20-18(22)19(3,4)5/h6-12,21H,1-5H3,(H,20,22). The second-order valence-electron chi connectivity index (χ2n) is 7.16. The minimum Gasteiger partial charge on any atom is -0.326 e. The molecule has 0 saturated carbocycles. The summed E-state index contributed by atoms with van der Waals surface area (Å²) in [7, 11) is -3.66. The van der Waals surface area contributed by atoms with E-state index in [-0.39, 0.29) is 10.8 Å². The highest BCUT2D eigenvalue weighted by Gasteiger charge is 2.21. The number of nitrogens with one attached hydrogen (secondary N) is 2. The summed E-state index contributed by atoms with van der Waals surface area (Å²) in [4.78, 5) is 12.2. The molecule has 0 radical (unpaired) electrons. The topological polar surface area (TPSA) is 75.3 Å². The lowest BCUT2D eigenvalue weighted by Crippen LogP contribution is -2.27. The minimum atomic E-state index is -3.66. The molecule has 0 spiro atoms. The summed E-state index contributed by atoms with van der Waals surface area (Å²) in [6.07, 6.45) is 0. The number of hydrogen-bond donors (Lipinski definition) is 2. The van der Waals surface area contributed by atoms with Crippen molar-refractivity contribution in [2.75, 3.05) is 10.0 Å². The molecule has 0 atom stereocenters. The molecule has 0 bridgehead atoms. The first-order valence-corrected chi connectivity index (χ1v) is 9.49. The Balaban J connectivity index is 2.16. The zero-order valence-corrected chi connectivity index (χ0v) is 16.0. The molecule has 0 unspecified atom stereocenters. The van der Waals surface area contributed by atoms with Crippen LogP contribution in [-0.4, -0.2) is 14.3 Å². The number of anilines is 2. The van der Waals surface area contributed by atoms with Crippen molar-refractivity contribution in [1.29, 1.82) is 0 Å². The Morgan fingerprint density at radius 3 is 2.00 bits per heavy atom. The Morgan fingerprint density at radius 1 is 0.920 bits per heavy atom. The van der Waals surface area contributed by atoms with E-state index in [0.29, 0.717) is 16.9 Å². The summed E-state index contributed by atoms with van der Waals surface area (Å²) >= 11 is 0. The fourth-order valence-electron chi connectivity index (χ4n) is 2.25. The lowest BCUT2D eigenvalue weighted by molar-refractivity contribution is -0.123. The van der Waals surface area contributed by atoms with E-state index in [4.69, 9.17) is 0 Å². The molecular weight excluding hydrogens is 336 g/mol. The molecule has 0 aromatic heterocycles. The van der Waals surface area contributed by atoms with E-state index in [1.165, 1.54) is 0 Å². The van der Waals surface area contributed by atoms with E-state index in [1.54, 1.807) is 43.3 Å². The van der Waals surface area contributed by atoms with E-state index < -0.39 is 15.4 Å². The Kier molecular flexibility index (Phi) is 5.23. The Morgan fingerprint density at radius 2 is 1.48 bits per heavy atom. The third-order valence-corrected chi connectivity index (χ3v) is 5.24. The molecule has 5 nitrogen and oxygen atoms in total. The molecule has 0 fully saturated rings. The first-order chi connectivity index (χ1) is 11.5. The first kappa shape index (κ1) is 19.0. The summed E-state index contributed by atoms with van der Waals surface area (Å²) in [6.45, 7) is 9.17. The molecule has 0 aliphatic carbocycles. The van der Waals surface area contributed by atoms with Crippen LogP contribution in [0.2, 0.25) is 0 Å². The Bertz CT molecular complexity index is 880. The molecule has 0 heterocycles. The summed E-state index contributed by atoms with van der Waals surface area (Å²) in [5.41, 5.74) is 2.27. The van der Waals surface area contributed by atoms with Crippen molar-refractivity contribution in [1.82, 2.24) is 0 Å². The van der Waals surface area contributed by atoms with E-state index >= 15 is 0 Å². The van der Waals surface area contributed by atoms with Crippen LogP contribution >= 0.6 is 0 Å². The van der Waals surface area contributed by atoms with Gasteiger partial charge in [-0.15, -0.1) is 0 Å². The highest BCUT2D eigenvalue weighted by atomic mass is 32.2. The van der Waals surface area contributed by atoms with Gasteiger partial charge in [0.25, 0.3) is 10.0 Å². The maximum absolute atomic E-state index is 12.5. The van der Waals surface area contributed by atoms with Gasteiger partial charge in [-0.3, -0.25) is 9.52 Å². The number of benzene rings is 2. The van der Waals surface area contributed by atoms with Crippen LogP contribution in [0.1, 0.15) is 31.9 Å². The number of aryl methyl sites for hydroxylation is 2. The van der Waals surface area contributed by atoms with E-state index in [1.807, 2.05) is 33.8 Å². The van der Waals surface area contributed by atoms with Gasteiger partial charge in [0.15, 0.2) is 0 Å². The van der Waals surface area contributed by atoms with Crippen molar-refractivity contribution >= 4 is 27.3 Å². The number of carbonyl (C=O) groups is 1. The highest BCUT2D eigenvalue weighted by Crippen LogP contribution is 2.22. The van der Waals surface area contributed by atoms with Crippen molar-refractivity contribution in [2.24, 2.45) is 5.41 Å². The number of rotatable bonds is 4. The van der Waals surface area contributed by atoms with Crippen LogP contribution in [0, 0.1) is 19.3 Å². The van der Waals surface area contributed by atoms with Crippen LogP contribution in [-0.2, 0) is 14.8 Å². The van der Waals surface area contributed by atoms with Crippen LogP contribution in [0.25, 0.3) is 0 Å². The van der Waals surface area contributed by atoms with Gasteiger partial charge in [0, 0.05) is 16.8 Å². The predicted octanol–water partition coefficient (Wildman–Crippen LogP) is 4.09. The van der Waals surface area contributed by atoms with Crippen LogP contribution in [0.15, 0.2) is 47.4 Å². The van der Waals surface area contributed by atoms with Crippen LogP contribution in [0.5, 0.6) is 0 Å². The summed E-state index contributed by atoms with van der Waals surface area (Å²) in [5.74, 6) is -0.101. The van der Waals surface area contributed by atoms with Crippen molar-refractivity contribution in [3.8, 4) is 0 Å². The average Bonchev–Trinajstić information content (AvgIpc) is 2.47. The SMILES string of the molecule is Cc1ccc(S(=O)(=O)Nc2ccc(NC(=O)C(C)(C)C)cc2)c(C)c1. The smallest absolute Gasteiger partial charge is 0.262 e. The number of sulfonamides is 1. The lowest BCUT2D eigenvalue weighted by Gasteiger charge is -2.18. The van der Waals surface area contributed by atoms with Crippen molar-refractivity contribution in [2.45, 2.75) is 39.5 Å². The molecule has 0 aliphatic rings. The molecule has 2 aromatic rings. The fraction of sp³-hybridized carbons (Fsp3) is 0.316. The maximum Gasteiger partial charge on any atom is 0.262 e. The maximum atomic E-state index is 12.5. The van der Waals surface area contributed by atoms with Crippen molar-refractivity contribution in [3.63, 3.8) is 0 Å².